The number of aromatic nitrogens is 2. The van der Waals surface area contributed by atoms with E-state index in [1.807, 2.05) is 6.92 Å². The molecular formula is C5H8N2. The van der Waals surface area contributed by atoms with Crippen LogP contribution >= 0.6 is 0 Å². The predicted molar refractivity (Wildman–Crippen MR) is 27.9 cm³/mol. The number of nitrogens with zero attached hydrogens (tertiary/aromatic N) is 2. The molecular weight excluding hydrogens is 88.1 g/mol. The molecule has 0 saturated carbocycles. The molecule has 1 aromatic rings. The van der Waals surface area contributed by atoms with Crippen molar-refractivity contribution in [1.82, 2.24) is 9.78 Å². The molecule has 2 nitrogen and oxygen atoms in total. The molecule has 0 aromatic carbocycles. The predicted octanol–water partition coefficient (Wildman–Crippen LogP) is 0.903. The smallest absolute Gasteiger partial charge is 0.0656 e. The van der Waals surface area contributed by atoms with Crippen LogP contribution in [0.3, 0.4) is 0 Å². The van der Waals surface area contributed by atoms with E-state index in [-0.39, 0.29) is 0 Å². The van der Waals surface area contributed by atoms with Gasteiger partial charge in [0.05, 0.1) is 1.37 Å². The summed E-state index contributed by atoms with van der Waals surface area (Å²) in [5.41, 5.74) is 0. The van der Waals surface area contributed by atoms with Crippen molar-refractivity contribution in [2.75, 3.05) is 0 Å². The molecule has 0 N–H and O–H groups in total. The van der Waals surface area contributed by atoms with E-state index < -0.39 is 0 Å². The topological polar surface area (TPSA) is 17.8 Å². The van der Waals surface area contributed by atoms with E-state index in [4.69, 9.17) is 1.37 Å². The number of hydrogen-bond donors (Lipinski definition) is 0. The fourth-order valence-corrected chi connectivity index (χ4v) is 0.433. The fourth-order valence-electron chi connectivity index (χ4n) is 0.433. The summed E-state index contributed by atoms with van der Waals surface area (Å²) >= 11 is 0. The zero-order valence-corrected chi connectivity index (χ0v) is 4.26. The molecule has 38 valence electrons. The Morgan fingerprint density at radius 1 is 2.00 bits per heavy atom. The Morgan fingerprint density at radius 2 is 2.86 bits per heavy atom. The molecule has 0 saturated heterocycles. The average molecular weight is 97.1 g/mol. The Hall–Kier alpha value is -0.790. The average Bonchev–Trinajstić information content (AvgIpc) is 2.14. The van der Waals surface area contributed by atoms with Gasteiger partial charge in [0.1, 0.15) is 0 Å². The van der Waals surface area contributed by atoms with Crippen LogP contribution in [0.5, 0.6) is 0 Å². The molecule has 0 fully saturated rings. The second kappa shape index (κ2) is 1.78. The highest BCUT2D eigenvalue weighted by Gasteiger charge is 1.77. The van der Waals surface area contributed by atoms with Crippen LogP contribution in [0.1, 0.15) is 8.29 Å². The minimum atomic E-state index is 0.479. The molecule has 2 heteroatoms. The quantitative estimate of drug-likeness (QED) is 0.509. The first-order valence-electron chi connectivity index (χ1n) is 2.82. The Bertz CT molecular complexity index is 171. The van der Waals surface area contributed by atoms with E-state index in [0.29, 0.717) is 6.04 Å². The van der Waals surface area contributed by atoms with Gasteiger partial charge in [0.15, 0.2) is 0 Å². The van der Waals surface area contributed by atoms with Crippen LogP contribution in [0.4, 0.5) is 0 Å². The van der Waals surface area contributed by atoms with Crippen LogP contribution in [-0.4, -0.2) is 9.78 Å². The summed E-state index contributed by atoms with van der Waals surface area (Å²) in [5.74, 6) is 0. The Balaban J connectivity index is 2.84. The van der Waals surface area contributed by atoms with Crippen molar-refractivity contribution in [3.63, 3.8) is 0 Å². The van der Waals surface area contributed by atoms with Crippen molar-refractivity contribution >= 4 is 0 Å². The van der Waals surface area contributed by atoms with Crippen molar-refractivity contribution in [3.05, 3.63) is 18.4 Å². The molecule has 0 unspecified atom stereocenters. The standard InChI is InChI=1S/C5H8N2/c1-2-7-5-3-4-6-7/h3-5H,2H2,1H3/i3D. The monoisotopic (exact) mass is 97.1 g/mol. The van der Waals surface area contributed by atoms with Crippen LogP contribution in [0, 0.1) is 0 Å². The van der Waals surface area contributed by atoms with Gasteiger partial charge in [-0.15, -0.1) is 0 Å². The van der Waals surface area contributed by atoms with Gasteiger partial charge in [-0.1, -0.05) is 0 Å². The van der Waals surface area contributed by atoms with Gasteiger partial charge in [-0.3, -0.25) is 4.68 Å². The summed E-state index contributed by atoms with van der Waals surface area (Å²) in [5, 5.41) is 3.86. The van der Waals surface area contributed by atoms with E-state index in [9.17, 15) is 0 Å². The Morgan fingerprint density at radius 3 is 3.14 bits per heavy atom. The molecule has 0 aliphatic carbocycles. The van der Waals surface area contributed by atoms with Gasteiger partial charge >= 0.3 is 0 Å². The lowest BCUT2D eigenvalue weighted by molar-refractivity contribution is 0.660. The summed E-state index contributed by atoms with van der Waals surface area (Å²) in [6, 6.07) is 0.479. The lowest BCUT2D eigenvalue weighted by Gasteiger charge is -1.87. The molecule has 0 aliphatic rings. The van der Waals surface area contributed by atoms with Crippen molar-refractivity contribution in [1.29, 1.82) is 0 Å². The lowest BCUT2D eigenvalue weighted by Crippen LogP contribution is -1.91. The molecule has 0 bridgehead atoms. The van der Waals surface area contributed by atoms with Crippen LogP contribution in [0.2, 0.25) is 0 Å². The van der Waals surface area contributed by atoms with Crippen molar-refractivity contribution in [2.24, 2.45) is 0 Å². The molecule has 1 heterocycles. The highest BCUT2D eigenvalue weighted by atomic mass is 15.2. The zero-order chi connectivity index (χ0) is 5.98. The maximum Gasteiger partial charge on any atom is 0.0656 e. The molecule has 0 aliphatic heterocycles. The molecule has 0 radical (unpaired) electrons. The van der Waals surface area contributed by atoms with Gasteiger partial charge in [0.25, 0.3) is 0 Å². The molecule has 7 heavy (non-hydrogen) atoms. The van der Waals surface area contributed by atoms with E-state index in [1.54, 1.807) is 10.9 Å². The van der Waals surface area contributed by atoms with Gasteiger partial charge in [-0.05, 0) is 13.0 Å². The third-order valence-electron chi connectivity index (χ3n) is 0.828. The second-order valence-electron chi connectivity index (χ2n) is 1.30. The van der Waals surface area contributed by atoms with Gasteiger partial charge in [-0.25, -0.2) is 0 Å². The van der Waals surface area contributed by atoms with Gasteiger partial charge < -0.3 is 0 Å². The normalized spacial score (nSPS) is 11.3. The summed E-state index contributed by atoms with van der Waals surface area (Å²) in [7, 11) is 0. The minimum Gasteiger partial charge on any atom is -0.273 e. The number of rotatable bonds is 1. The van der Waals surface area contributed by atoms with E-state index in [2.05, 4.69) is 5.10 Å². The summed E-state index contributed by atoms with van der Waals surface area (Å²) in [6.45, 7) is 2.84. The van der Waals surface area contributed by atoms with E-state index in [0.717, 1.165) is 6.54 Å². The molecule has 1 aromatic heterocycles. The fraction of sp³-hybridized carbons (Fsp3) is 0.400. The van der Waals surface area contributed by atoms with E-state index >= 15 is 0 Å². The van der Waals surface area contributed by atoms with Crippen molar-refractivity contribution in [3.8, 4) is 0 Å². The number of hydrogen-bond acceptors (Lipinski definition) is 1. The maximum atomic E-state index is 7.04. The van der Waals surface area contributed by atoms with Crippen LogP contribution < -0.4 is 0 Å². The summed E-state index contributed by atoms with van der Waals surface area (Å²) < 4.78 is 8.76. The zero-order valence-electron chi connectivity index (χ0n) is 5.26. The Kier molecular flexibility index (Phi) is 0.823. The minimum absolute atomic E-state index is 0.479. The van der Waals surface area contributed by atoms with Crippen LogP contribution in [-0.2, 0) is 6.54 Å². The lowest BCUT2D eigenvalue weighted by atomic mass is 10.7. The van der Waals surface area contributed by atoms with Crippen molar-refractivity contribution < 1.29 is 1.37 Å². The van der Waals surface area contributed by atoms with E-state index in [1.165, 1.54) is 6.20 Å². The van der Waals surface area contributed by atoms with Crippen LogP contribution in [0.15, 0.2) is 18.4 Å². The van der Waals surface area contributed by atoms with Crippen LogP contribution in [0.25, 0.3) is 0 Å². The molecule has 0 atom stereocenters. The van der Waals surface area contributed by atoms with Gasteiger partial charge in [0, 0.05) is 18.9 Å². The Labute approximate surface area is 44.2 Å². The number of aryl methyl sites for hydroxylation is 1. The highest BCUT2D eigenvalue weighted by Crippen LogP contribution is 1.79. The third-order valence-corrected chi connectivity index (χ3v) is 0.828. The maximum absolute atomic E-state index is 7.04. The first-order valence-corrected chi connectivity index (χ1v) is 2.32. The first kappa shape index (κ1) is 3.24. The first-order chi connectivity index (χ1) is 3.83. The summed E-state index contributed by atoms with van der Waals surface area (Å²) in [4.78, 5) is 0. The SMILES string of the molecule is [2H]c1cnn(CC)c1. The second-order valence-corrected chi connectivity index (χ2v) is 1.30. The molecule has 1 rings (SSSR count). The largest absolute Gasteiger partial charge is 0.273 e. The molecule has 0 amide bonds. The van der Waals surface area contributed by atoms with Crippen molar-refractivity contribution in [2.45, 2.75) is 13.5 Å². The van der Waals surface area contributed by atoms with Gasteiger partial charge in [-0.2, -0.15) is 5.10 Å². The van der Waals surface area contributed by atoms with Gasteiger partial charge in [0.2, 0.25) is 0 Å². The highest BCUT2D eigenvalue weighted by molar-refractivity contribution is 4.76. The summed E-state index contributed by atoms with van der Waals surface area (Å²) in [6.07, 6.45) is 3.23. The molecule has 0 spiro atoms. The third kappa shape index (κ3) is 0.796.